The molecular formula is C20H20FN4O3P. The number of benzene rings is 1. The number of aromatic nitrogens is 4. The zero-order valence-corrected chi connectivity index (χ0v) is 17.3. The molecule has 2 N–H and O–H groups in total. The molecule has 0 unspecified atom stereocenters. The molecular weight excluding hydrogens is 394 g/mol. The fraction of sp³-hybridized carbons (Fsp3) is 0.250. The van der Waals surface area contributed by atoms with Gasteiger partial charge >= 0.3 is 7.60 Å². The lowest BCUT2D eigenvalue weighted by molar-refractivity contribution is 0.387. The molecule has 0 saturated carbocycles. The molecule has 3 aromatic heterocycles. The van der Waals surface area contributed by atoms with Crippen molar-refractivity contribution in [3.05, 3.63) is 58.4 Å². The third kappa shape index (κ3) is 3.33. The first kappa shape index (κ1) is 19.6. The highest BCUT2D eigenvalue weighted by Crippen LogP contribution is 2.35. The van der Waals surface area contributed by atoms with Crippen molar-refractivity contribution in [2.45, 2.75) is 34.2 Å². The van der Waals surface area contributed by atoms with Crippen LogP contribution in [0.25, 0.3) is 22.1 Å². The van der Waals surface area contributed by atoms with Crippen LogP contribution in [0.15, 0.2) is 24.3 Å². The minimum Gasteiger partial charge on any atom is -0.323 e. The second-order valence-corrected chi connectivity index (χ2v) is 8.81. The smallest absolute Gasteiger partial charge is 0.323 e. The van der Waals surface area contributed by atoms with Gasteiger partial charge in [0.2, 0.25) is 0 Å². The molecule has 4 aromatic rings. The number of imidazole rings is 1. The van der Waals surface area contributed by atoms with Crippen molar-refractivity contribution in [1.29, 1.82) is 0 Å². The van der Waals surface area contributed by atoms with E-state index in [1.54, 1.807) is 6.92 Å². The molecule has 0 amide bonds. The predicted molar refractivity (Wildman–Crippen MR) is 109 cm³/mol. The average molecular weight is 414 g/mol. The quantitative estimate of drug-likeness (QED) is 0.500. The standard InChI is InChI=1S/C20H20FN4O3P/c1-10-7-14(16(21)8-17(10)29(26,27)28)9-25-13(4)24-18-12(3)23-20-15(19(18)25)6-5-11(2)22-20/h5-8H,9H2,1-4H3,(H2,26,27,28). The summed E-state index contributed by atoms with van der Waals surface area (Å²) in [4.78, 5) is 32.5. The van der Waals surface area contributed by atoms with Crippen LogP contribution in [0.5, 0.6) is 0 Å². The summed E-state index contributed by atoms with van der Waals surface area (Å²) in [6.45, 7) is 7.32. The molecule has 0 bridgehead atoms. The number of halogens is 1. The number of rotatable bonds is 3. The van der Waals surface area contributed by atoms with Gasteiger partial charge < -0.3 is 14.4 Å². The number of nitrogens with zero attached hydrogens (tertiary/aromatic N) is 4. The summed E-state index contributed by atoms with van der Waals surface area (Å²) in [6.07, 6.45) is 0. The third-order valence-corrected chi connectivity index (χ3v) is 6.16. The van der Waals surface area contributed by atoms with Crippen LogP contribution in [-0.4, -0.2) is 29.3 Å². The summed E-state index contributed by atoms with van der Waals surface area (Å²) in [5.41, 5.74) is 4.40. The number of hydrogen-bond acceptors (Lipinski definition) is 4. The summed E-state index contributed by atoms with van der Waals surface area (Å²) in [5.74, 6) is 0.0216. The van der Waals surface area contributed by atoms with Crippen molar-refractivity contribution in [3.63, 3.8) is 0 Å². The van der Waals surface area contributed by atoms with Crippen LogP contribution in [0, 0.1) is 33.5 Å². The van der Waals surface area contributed by atoms with Crippen molar-refractivity contribution in [3.8, 4) is 0 Å². The van der Waals surface area contributed by atoms with Crippen LogP contribution in [0.1, 0.15) is 28.3 Å². The Balaban J connectivity index is 1.94. The zero-order valence-electron chi connectivity index (χ0n) is 16.4. The number of fused-ring (bicyclic) bond motifs is 3. The van der Waals surface area contributed by atoms with Crippen molar-refractivity contribution < 1.29 is 18.7 Å². The van der Waals surface area contributed by atoms with Crippen LogP contribution in [0.3, 0.4) is 0 Å². The molecule has 0 radical (unpaired) electrons. The van der Waals surface area contributed by atoms with E-state index in [2.05, 4.69) is 15.0 Å². The Hall–Kier alpha value is -2.67. The second kappa shape index (κ2) is 6.69. The monoisotopic (exact) mass is 414 g/mol. The molecule has 29 heavy (non-hydrogen) atoms. The lowest BCUT2D eigenvalue weighted by atomic mass is 10.1. The first-order chi connectivity index (χ1) is 13.6. The van der Waals surface area contributed by atoms with E-state index in [0.29, 0.717) is 22.6 Å². The van der Waals surface area contributed by atoms with Crippen molar-refractivity contribution in [2.75, 3.05) is 0 Å². The van der Waals surface area contributed by atoms with Crippen LogP contribution in [0.2, 0.25) is 0 Å². The fourth-order valence-electron chi connectivity index (χ4n) is 3.64. The molecule has 150 valence electrons. The van der Waals surface area contributed by atoms with Crippen molar-refractivity contribution in [2.24, 2.45) is 0 Å². The SMILES string of the molecule is Cc1ccc2c(n1)nc(C)c1nc(C)n(Cc3cc(C)c(P(=O)(O)O)cc3F)c12. The van der Waals surface area contributed by atoms with Gasteiger partial charge in [0.05, 0.1) is 23.1 Å². The molecule has 9 heteroatoms. The van der Waals surface area contributed by atoms with Gasteiger partial charge in [-0.1, -0.05) is 6.07 Å². The van der Waals surface area contributed by atoms with E-state index >= 15 is 0 Å². The summed E-state index contributed by atoms with van der Waals surface area (Å²) < 4.78 is 28.2. The molecule has 1 aromatic carbocycles. The number of hydrogen-bond donors (Lipinski definition) is 2. The normalized spacial score (nSPS) is 12.2. The summed E-state index contributed by atoms with van der Waals surface area (Å²) in [5, 5.41) is 0.525. The van der Waals surface area contributed by atoms with Gasteiger partial charge in [0, 0.05) is 16.6 Å². The molecule has 3 heterocycles. The fourth-order valence-corrected chi connectivity index (χ4v) is 4.45. The highest BCUT2D eigenvalue weighted by atomic mass is 31.2. The van der Waals surface area contributed by atoms with Gasteiger partial charge in [-0.2, -0.15) is 0 Å². The Morgan fingerprint density at radius 1 is 1.07 bits per heavy atom. The maximum absolute atomic E-state index is 14.7. The Kier molecular flexibility index (Phi) is 4.53. The van der Waals surface area contributed by atoms with Crippen molar-refractivity contribution >= 4 is 35.0 Å². The summed E-state index contributed by atoms with van der Waals surface area (Å²) in [6, 6.07) is 6.23. The van der Waals surface area contributed by atoms with Crippen LogP contribution in [0.4, 0.5) is 4.39 Å². The lowest BCUT2D eigenvalue weighted by Crippen LogP contribution is -2.13. The molecule has 0 saturated heterocycles. The maximum atomic E-state index is 14.7. The predicted octanol–water partition coefficient (Wildman–Crippen LogP) is 3.20. The highest BCUT2D eigenvalue weighted by Gasteiger charge is 2.23. The van der Waals surface area contributed by atoms with E-state index in [9.17, 15) is 18.7 Å². The minimum absolute atomic E-state index is 0.170. The van der Waals surface area contributed by atoms with Gasteiger partial charge in [-0.25, -0.2) is 19.3 Å². The van der Waals surface area contributed by atoms with Gasteiger partial charge in [-0.3, -0.25) is 4.57 Å². The van der Waals surface area contributed by atoms with Crippen LogP contribution in [-0.2, 0) is 11.1 Å². The van der Waals surface area contributed by atoms with Gasteiger partial charge in [-0.05, 0) is 51.5 Å². The van der Waals surface area contributed by atoms with Gasteiger partial charge in [0.1, 0.15) is 17.2 Å². The van der Waals surface area contributed by atoms with E-state index in [0.717, 1.165) is 33.9 Å². The Labute approximate surface area is 166 Å². The van der Waals surface area contributed by atoms with E-state index in [1.807, 2.05) is 37.5 Å². The molecule has 7 nitrogen and oxygen atoms in total. The maximum Gasteiger partial charge on any atom is 0.356 e. The van der Waals surface area contributed by atoms with Gasteiger partial charge in [0.15, 0.2) is 5.65 Å². The van der Waals surface area contributed by atoms with E-state index in [-0.39, 0.29) is 11.8 Å². The van der Waals surface area contributed by atoms with E-state index < -0.39 is 13.4 Å². The first-order valence-corrected chi connectivity index (χ1v) is 10.6. The van der Waals surface area contributed by atoms with E-state index in [4.69, 9.17) is 0 Å². The Morgan fingerprint density at radius 3 is 2.48 bits per heavy atom. The van der Waals surface area contributed by atoms with Gasteiger partial charge in [0.25, 0.3) is 0 Å². The molecule has 0 atom stereocenters. The largest absolute Gasteiger partial charge is 0.356 e. The summed E-state index contributed by atoms with van der Waals surface area (Å²) >= 11 is 0. The van der Waals surface area contributed by atoms with E-state index in [1.165, 1.54) is 6.07 Å². The third-order valence-electron chi connectivity index (χ3n) is 5.05. The number of aryl methyl sites for hydroxylation is 4. The van der Waals surface area contributed by atoms with Gasteiger partial charge in [-0.15, -0.1) is 0 Å². The van der Waals surface area contributed by atoms with Crippen LogP contribution >= 0.6 is 7.60 Å². The topological polar surface area (TPSA) is 101 Å². The molecule has 0 aliphatic carbocycles. The molecule has 0 spiro atoms. The lowest BCUT2D eigenvalue weighted by Gasteiger charge is -2.14. The first-order valence-electron chi connectivity index (χ1n) is 9.02. The van der Waals surface area contributed by atoms with Crippen molar-refractivity contribution in [1.82, 2.24) is 19.5 Å². The molecule has 4 rings (SSSR count). The zero-order chi connectivity index (χ0) is 21.1. The average Bonchev–Trinajstić information content (AvgIpc) is 2.94. The molecule has 0 fully saturated rings. The molecule has 0 aliphatic rings. The minimum atomic E-state index is -4.54. The van der Waals surface area contributed by atoms with Crippen LogP contribution < -0.4 is 5.30 Å². The second-order valence-electron chi connectivity index (χ2n) is 7.24. The Bertz CT molecular complexity index is 1340. The number of pyridine rings is 2. The summed E-state index contributed by atoms with van der Waals surface area (Å²) in [7, 11) is -4.54. The Morgan fingerprint density at radius 2 is 1.79 bits per heavy atom. The molecule has 0 aliphatic heterocycles. The highest BCUT2D eigenvalue weighted by molar-refractivity contribution is 7.60.